The fourth-order valence-corrected chi connectivity index (χ4v) is 7.82. The van der Waals surface area contributed by atoms with Crippen LogP contribution in [0.25, 0.3) is 43.9 Å². The molecule has 0 unspecified atom stereocenters. The van der Waals surface area contributed by atoms with Gasteiger partial charge in [-0.15, -0.1) is 0 Å². The summed E-state index contributed by atoms with van der Waals surface area (Å²) >= 11 is 0. The first-order chi connectivity index (χ1) is 29.2. The number of aromatic nitrogens is 6. The van der Waals surface area contributed by atoms with Crippen LogP contribution >= 0.6 is 0 Å². The quantitative estimate of drug-likeness (QED) is 0.0780. The molecule has 0 aliphatic carbocycles. The average Bonchev–Trinajstić information content (AvgIpc) is 3.79. The van der Waals surface area contributed by atoms with Gasteiger partial charge in [0, 0.05) is 50.0 Å². The first kappa shape index (κ1) is 42.0. The molecule has 0 spiro atoms. The minimum Gasteiger partial charge on any atom is -0.382 e. The van der Waals surface area contributed by atoms with Gasteiger partial charge < -0.3 is 30.4 Å². The van der Waals surface area contributed by atoms with Crippen molar-refractivity contribution in [1.82, 2.24) is 29.1 Å². The van der Waals surface area contributed by atoms with E-state index in [9.17, 15) is 0 Å². The minimum absolute atomic E-state index is 0.490. The first-order valence-corrected chi connectivity index (χ1v) is 21.9. The van der Waals surface area contributed by atoms with E-state index < -0.39 is 0 Å². The summed E-state index contributed by atoms with van der Waals surface area (Å²) in [7, 11) is 0. The number of nitrogens with zero attached hydrogens (tertiary/aromatic N) is 7. The van der Waals surface area contributed by atoms with Crippen molar-refractivity contribution in [1.29, 1.82) is 0 Å². The number of hydrogen-bond acceptors (Lipinski definition) is 8. The van der Waals surface area contributed by atoms with Gasteiger partial charge in [-0.25, -0.2) is 19.9 Å². The Balaban J connectivity index is 0.000000203. The van der Waals surface area contributed by atoms with Gasteiger partial charge in [-0.2, -0.15) is 0 Å². The Kier molecular flexibility index (Phi) is 13.8. The second kappa shape index (κ2) is 19.7. The van der Waals surface area contributed by atoms with Gasteiger partial charge in [0.2, 0.25) is 11.9 Å². The minimum atomic E-state index is 0.490. The summed E-state index contributed by atoms with van der Waals surface area (Å²) in [5, 5.41) is 9.37. The summed E-state index contributed by atoms with van der Waals surface area (Å²) in [5.74, 6) is 4.28. The highest BCUT2D eigenvalue weighted by atomic mass is 15.3. The molecule has 0 fully saturated rings. The number of pyridine rings is 2. The van der Waals surface area contributed by atoms with Gasteiger partial charge >= 0.3 is 0 Å². The molecule has 4 aromatic heterocycles. The van der Waals surface area contributed by atoms with Gasteiger partial charge in [0.15, 0.2) is 11.6 Å². The Hall–Kier alpha value is -6.16. The number of anilines is 4. The van der Waals surface area contributed by atoms with Crippen molar-refractivity contribution in [3.05, 3.63) is 120 Å². The predicted molar refractivity (Wildman–Crippen MR) is 254 cm³/mol. The maximum absolute atomic E-state index is 6.18. The van der Waals surface area contributed by atoms with Crippen molar-refractivity contribution in [2.45, 2.75) is 93.4 Å². The van der Waals surface area contributed by atoms with Crippen molar-refractivity contribution in [2.24, 2.45) is 11.8 Å². The van der Waals surface area contributed by atoms with E-state index >= 15 is 0 Å². The summed E-state index contributed by atoms with van der Waals surface area (Å²) in [5.41, 5.74) is 14.6. The van der Waals surface area contributed by atoms with Gasteiger partial charge in [0.25, 0.3) is 0 Å². The molecule has 0 bridgehead atoms. The number of fused-ring (bicyclic) bond motifs is 6. The molecule has 312 valence electrons. The lowest BCUT2D eigenvalue weighted by Gasteiger charge is -2.25. The molecule has 0 saturated heterocycles. The van der Waals surface area contributed by atoms with Crippen LogP contribution in [-0.2, 0) is 26.2 Å². The number of benzene rings is 4. The molecular formula is C50H62N10. The van der Waals surface area contributed by atoms with Gasteiger partial charge in [0.1, 0.15) is 11.0 Å². The van der Waals surface area contributed by atoms with Crippen molar-refractivity contribution >= 4 is 67.4 Å². The molecule has 4 N–H and O–H groups in total. The van der Waals surface area contributed by atoms with E-state index in [1.807, 2.05) is 18.2 Å². The number of unbranched alkanes of at least 4 members (excludes halogenated alkanes) is 2. The van der Waals surface area contributed by atoms with Crippen LogP contribution < -0.4 is 21.3 Å². The van der Waals surface area contributed by atoms with E-state index in [1.165, 1.54) is 16.6 Å². The zero-order chi connectivity index (χ0) is 42.0. The van der Waals surface area contributed by atoms with Gasteiger partial charge in [-0.1, -0.05) is 151 Å². The molecule has 10 heteroatoms. The van der Waals surface area contributed by atoms with Gasteiger partial charge in [0.05, 0.1) is 22.1 Å². The highest BCUT2D eigenvalue weighted by Crippen LogP contribution is 2.36. The number of nitrogens with one attached hydrogen (secondary N) is 2. The second-order valence-electron chi connectivity index (χ2n) is 16.6. The third kappa shape index (κ3) is 9.65. The summed E-state index contributed by atoms with van der Waals surface area (Å²) in [6, 6.07) is 37.9. The van der Waals surface area contributed by atoms with E-state index in [4.69, 9.17) is 20.7 Å². The molecule has 0 saturated carbocycles. The van der Waals surface area contributed by atoms with E-state index in [0.29, 0.717) is 17.7 Å². The second-order valence-corrected chi connectivity index (χ2v) is 16.6. The Morgan fingerprint density at radius 3 is 1.47 bits per heavy atom. The molecular weight excluding hydrogens is 741 g/mol. The Morgan fingerprint density at radius 1 is 0.550 bits per heavy atom. The van der Waals surface area contributed by atoms with E-state index in [1.54, 1.807) is 0 Å². The van der Waals surface area contributed by atoms with Gasteiger partial charge in [-0.3, -0.25) is 0 Å². The lowest BCUT2D eigenvalue weighted by Crippen LogP contribution is -2.23. The van der Waals surface area contributed by atoms with Crippen molar-refractivity contribution in [3.63, 3.8) is 0 Å². The molecule has 0 aliphatic rings. The normalized spacial score (nSPS) is 11.5. The molecule has 0 atom stereocenters. The molecule has 0 radical (unpaired) electrons. The Bertz CT molecular complexity index is 2570. The lowest BCUT2D eigenvalue weighted by molar-refractivity contribution is 0.536. The third-order valence-electron chi connectivity index (χ3n) is 10.6. The highest BCUT2D eigenvalue weighted by molar-refractivity contribution is 6.08. The summed E-state index contributed by atoms with van der Waals surface area (Å²) in [6.07, 6.45) is 4.54. The molecule has 0 aliphatic heterocycles. The molecule has 4 aromatic carbocycles. The van der Waals surface area contributed by atoms with Crippen LogP contribution in [0.15, 0.2) is 109 Å². The van der Waals surface area contributed by atoms with Crippen LogP contribution in [0.5, 0.6) is 0 Å². The van der Waals surface area contributed by atoms with Crippen LogP contribution in [-0.4, -0.2) is 42.2 Å². The fourth-order valence-electron chi connectivity index (χ4n) is 7.82. The van der Waals surface area contributed by atoms with Crippen LogP contribution in [0.3, 0.4) is 0 Å². The Morgan fingerprint density at radius 2 is 0.983 bits per heavy atom. The van der Waals surface area contributed by atoms with Crippen molar-refractivity contribution in [2.75, 3.05) is 34.4 Å². The summed E-state index contributed by atoms with van der Waals surface area (Å²) < 4.78 is 4.64. The zero-order valence-electron chi connectivity index (χ0n) is 36.3. The maximum atomic E-state index is 6.18. The number of nitrogen functional groups attached to an aromatic ring is 1. The standard InChI is InChI=1S/C32H37N5.C18H25N5/c1-4-5-20-33-32-35-29-30(37(32)21-24(2)3)27-18-12-13-19-28(27)34-31(29)36(22-25-14-8-6-9-15-25)23-26-16-10-7-11-17-26;1-4-5-10-20-18-22-15-16(23(18)11-12(2)3)13-8-6-7-9-14(13)21-17(15)19/h6-19,24H,4-5,20-23H2,1-3H3,(H,33,35);6-9,12H,4-5,10-11H2,1-3H3,(H2,19,21)(H,20,22). The largest absolute Gasteiger partial charge is 0.382 e. The van der Waals surface area contributed by atoms with E-state index in [-0.39, 0.29) is 0 Å². The smallest absolute Gasteiger partial charge is 0.204 e. The van der Waals surface area contributed by atoms with E-state index in [2.05, 4.69) is 162 Å². The van der Waals surface area contributed by atoms with Crippen LogP contribution in [0.4, 0.5) is 23.5 Å². The molecule has 0 amide bonds. The average molecular weight is 803 g/mol. The highest BCUT2D eigenvalue weighted by Gasteiger charge is 2.23. The van der Waals surface area contributed by atoms with Crippen LogP contribution in [0.1, 0.15) is 78.4 Å². The van der Waals surface area contributed by atoms with Crippen molar-refractivity contribution in [3.8, 4) is 0 Å². The number of rotatable bonds is 17. The molecule has 4 heterocycles. The van der Waals surface area contributed by atoms with Crippen LogP contribution in [0.2, 0.25) is 0 Å². The zero-order valence-corrected chi connectivity index (χ0v) is 36.3. The van der Waals surface area contributed by atoms with E-state index in [0.717, 1.165) is 121 Å². The number of imidazole rings is 2. The monoisotopic (exact) mass is 803 g/mol. The first-order valence-electron chi connectivity index (χ1n) is 21.9. The lowest BCUT2D eigenvalue weighted by atomic mass is 10.1. The molecule has 8 aromatic rings. The number of hydrogen-bond donors (Lipinski definition) is 3. The number of nitrogens with two attached hydrogens (primary N) is 1. The Labute approximate surface area is 355 Å². The molecule has 10 nitrogen and oxygen atoms in total. The predicted octanol–water partition coefficient (Wildman–Crippen LogP) is 11.7. The molecule has 60 heavy (non-hydrogen) atoms. The van der Waals surface area contributed by atoms with Crippen LogP contribution in [0, 0.1) is 11.8 Å². The summed E-state index contributed by atoms with van der Waals surface area (Å²) in [4.78, 5) is 22.1. The maximum Gasteiger partial charge on any atom is 0.204 e. The van der Waals surface area contributed by atoms with Crippen molar-refractivity contribution < 1.29 is 0 Å². The topological polar surface area (TPSA) is 115 Å². The summed E-state index contributed by atoms with van der Waals surface area (Å²) in [6.45, 7) is 18.5. The SMILES string of the molecule is CCCCNc1nc2c(N(Cc3ccccc3)Cc3ccccc3)nc3ccccc3c2n1CC(C)C.CCCCNc1nc2c(N)nc3ccccc3c2n1CC(C)C. The third-order valence-corrected chi connectivity index (χ3v) is 10.6. The number of para-hydroxylation sites is 2. The van der Waals surface area contributed by atoms with Gasteiger partial charge in [-0.05, 0) is 47.9 Å². The fraction of sp³-hybridized carbons (Fsp3) is 0.360. The molecule has 8 rings (SSSR count).